The quantitative estimate of drug-likeness (QED) is 0.731. The first-order valence-electron chi connectivity index (χ1n) is 8.55. The van der Waals surface area contributed by atoms with Crippen molar-refractivity contribution in [3.8, 4) is 29.2 Å². The number of pyridine rings is 1. The minimum absolute atomic E-state index is 0.437. The molecule has 0 saturated heterocycles. The largest absolute Gasteiger partial charge is 0.444 e. The van der Waals surface area contributed by atoms with Crippen LogP contribution in [0.4, 0.5) is 0 Å². The maximum atomic E-state index is 9.73. The Hall–Kier alpha value is -2.91. The second kappa shape index (κ2) is 7.14. The molecule has 6 nitrogen and oxygen atoms in total. The van der Waals surface area contributed by atoms with Gasteiger partial charge in [-0.3, -0.25) is 0 Å². The fourth-order valence-electron chi connectivity index (χ4n) is 2.34. The topological polar surface area (TPSA) is 77.0 Å². The molecule has 0 spiro atoms. The molecular formula is C20H22N4O2. The van der Waals surface area contributed by atoms with Gasteiger partial charge in [0.2, 0.25) is 5.82 Å². The van der Waals surface area contributed by atoms with Crippen LogP contribution < -0.4 is 0 Å². The molecule has 6 heteroatoms. The van der Waals surface area contributed by atoms with Crippen LogP contribution in [0.15, 0.2) is 40.9 Å². The van der Waals surface area contributed by atoms with Gasteiger partial charge in [0.05, 0.1) is 0 Å². The fraction of sp³-hybridized carbons (Fsp3) is 0.350. The van der Waals surface area contributed by atoms with Crippen LogP contribution in [0.25, 0.3) is 17.4 Å². The van der Waals surface area contributed by atoms with Crippen molar-refractivity contribution in [1.82, 2.24) is 19.7 Å². The summed E-state index contributed by atoms with van der Waals surface area (Å²) in [7, 11) is 0. The Morgan fingerprint density at radius 2 is 2.04 bits per heavy atom. The molecule has 0 saturated carbocycles. The molecule has 0 bridgehead atoms. The maximum absolute atomic E-state index is 9.73. The predicted molar refractivity (Wildman–Crippen MR) is 98.6 cm³/mol. The van der Waals surface area contributed by atoms with Crippen molar-refractivity contribution in [2.45, 2.75) is 39.7 Å². The highest BCUT2D eigenvalue weighted by Gasteiger charge is 2.18. The van der Waals surface area contributed by atoms with E-state index in [1.807, 2.05) is 18.2 Å². The Morgan fingerprint density at radius 1 is 1.23 bits per heavy atom. The summed E-state index contributed by atoms with van der Waals surface area (Å²) < 4.78 is 7.49. The van der Waals surface area contributed by atoms with Gasteiger partial charge in [0.15, 0.2) is 23.2 Å². The van der Waals surface area contributed by atoms with Gasteiger partial charge in [-0.2, -0.15) is 4.68 Å². The number of nitrogens with zero attached hydrogens (tertiary/aromatic N) is 4. The third kappa shape index (κ3) is 4.38. The molecule has 134 valence electrons. The summed E-state index contributed by atoms with van der Waals surface area (Å²) in [4.78, 5) is 9.00. The molecule has 0 aliphatic heterocycles. The normalized spacial score (nSPS) is 11.5. The Morgan fingerprint density at radius 3 is 2.69 bits per heavy atom. The van der Waals surface area contributed by atoms with Crippen LogP contribution >= 0.6 is 0 Å². The molecule has 0 aliphatic carbocycles. The van der Waals surface area contributed by atoms with Crippen molar-refractivity contribution in [3.05, 3.63) is 48.1 Å². The van der Waals surface area contributed by atoms with Gasteiger partial charge in [-0.1, -0.05) is 25.8 Å². The summed E-state index contributed by atoms with van der Waals surface area (Å²) in [6, 6.07) is 9.19. The van der Waals surface area contributed by atoms with Gasteiger partial charge in [-0.15, -0.1) is 5.10 Å². The zero-order valence-corrected chi connectivity index (χ0v) is 15.4. The molecule has 0 amide bonds. The van der Waals surface area contributed by atoms with Gasteiger partial charge in [0.25, 0.3) is 0 Å². The van der Waals surface area contributed by atoms with Gasteiger partial charge < -0.3 is 9.52 Å². The highest BCUT2D eigenvalue weighted by molar-refractivity contribution is 5.52. The molecular weight excluding hydrogens is 328 g/mol. The Balaban J connectivity index is 2.02. The average Bonchev–Trinajstić information content (AvgIpc) is 3.19. The lowest BCUT2D eigenvalue weighted by molar-refractivity contribution is 0.143. The minimum atomic E-state index is -1.08. The number of furan rings is 1. The fourth-order valence-corrected chi connectivity index (χ4v) is 2.34. The number of rotatable bonds is 4. The van der Waals surface area contributed by atoms with Crippen LogP contribution in [0.2, 0.25) is 0 Å². The molecule has 3 rings (SSSR count). The second-order valence-corrected chi connectivity index (χ2v) is 7.02. The molecule has 0 atom stereocenters. The Bertz CT molecular complexity index is 938. The van der Waals surface area contributed by atoms with Crippen LogP contribution in [-0.4, -0.2) is 30.5 Å². The first-order chi connectivity index (χ1) is 12.3. The zero-order chi connectivity index (χ0) is 18.7. The van der Waals surface area contributed by atoms with Crippen LogP contribution in [0.5, 0.6) is 0 Å². The van der Waals surface area contributed by atoms with Crippen molar-refractivity contribution in [1.29, 1.82) is 0 Å². The maximum Gasteiger partial charge on any atom is 0.200 e. The van der Waals surface area contributed by atoms with E-state index in [4.69, 9.17) is 4.42 Å². The molecule has 0 unspecified atom stereocenters. The van der Waals surface area contributed by atoms with Crippen LogP contribution in [0.3, 0.4) is 0 Å². The molecule has 26 heavy (non-hydrogen) atoms. The lowest BCUT2D eigenvalue weighted by atomic mass is 10.1. The molecule has 3 aromatic heterocycles. The average molecular weight is 350 g/mol. The Kier molecular flexibility index (Phi) is 4.92. The second-order valence-electron chi connectivity index (χ2n) is 7.02. The van der Waals surface area contributed by atoms with Gasteiger partial charge in [-0.25, -0.2) is 9.97 Å². The first kappa shape index (κ1) is 17.9. The summed E-state index contributed by atoms with van der Waals surface area (Å²) in [5.41, 5.74) is -1.08. The number of aliphatic hydroxyl groups is 1. The summed E-state index contributed by atoms with van der Waals surface area (Å²) in [5.74, 6) is 9.01. The molecule has 0 aromatic carbocycles. The highest BCUT2D eigenvalue weighted by atomic mass is 16.3. The summed E-state index contributed by atoms with van der Waals surface area (Å²) in [6.07, 6.45) is 2.48. The molecule has 3 aromatic rings. The smallest absolute Gasteiger partial charge is 0.200 e. The van der Waals surface area contributed by atoms with Crippen molar-refractivity contribution in [3.63, 3.8) is 0 Å². The van der Waals surface area contributed by atoms with E-state index in [0.717, 1.165) is 12.2 Å². The summed E-state index contributed by atoms with van der Waals surface area (Å²) >= 11 is 0. The van der Waals surface area contributed by atoms with Gasteiger partial charge in [0.1, 0.15) is 5.60 Å². The van der Waals surface area contributed by atoms with E-state index in [0.29, 0.717) is 29.1 Å². The van der Waals surface area contributed by atoms with Crippen LogP contribution in [-0.2, 0) is 6.42 Å². The van der Waals surface area contributed by atoms with Crippen molar-refractivity contribution in [2.75, 3.05) is 0 Å². The van der Waals surface area contributed by atoms with Crippen LogP contribution in [0, 0.1) is 17.8 Å². The van der Waals surface area contributed by atoms with E-state index in [-0.39, 0.29) is 0 Å². The van der Waals surface area contributed by atoms with Gasteiger partial charge >= 0.3 is 0 Å². The SMILES string of the molecule is CC(C)Cc1nc(-c2ccc(C#CC(C)(C)O)o2)n(-c2ccccn2)n1. The van der Waals surface area contributed by atoms with E-state index in [1.54, 1.807) is 36.9 Å². The number of hydrogen-bond acceptors (Lipinski definition) is 5. The highest BCUT2D eigenvalue weighted by Crippen LogP contribution is 2.23. The van der Waals surface area contributed by atoms with E-state index >= 15 is 0 Å². The molecule has 0 aliphatic rings. The molecule has 3 heterocycles. The van der Waals surface area contributed by atoms with E-state index in [2.05, 4.69) is 40.8 Å². The standard InChI is InChI=1S/C20H22N4O2/c1-14(2)13-17-22-19(24(23-17)18-7-5-6-12-21-18)16-9-8-15(26-16)10-11-20(3,4)25/h5-9,12,14,25H,13H2,1-4H3. The molecule has 0 fully saturated rings. The van der Waals surface area contributed by atoms with Crippen LogP contribution in [0.1, 0.15) is 39.3 Å². The monoisotopic (exact) mass is 350 g/mol. The van der Waals surface area contributed by atoms with E-state index in [9.17, 15) is 5.11 Å². The first-order valence-corrected chi connectivity index (χ1v) is 8.55. The Labute approximate surface area is 152 Å². The summed E-state index contributed by atoms with van der Waals surface area (Å²) in [6.45, 7) is 7.50. The van der Waals surface area contributed by atoms with E-state index in [1.165, 1.54) is 0 Å². The third-order valence-electron chi connectivity index (χ3n) is 3.43. The van der Waals surface area contributed by atoms with Crippen molar-refractivity contribution < 1.29 is 9.52 Å². The van der Waals surface area contributed by atoms with Crippen molar-refractivity contribution in [2.24, 2.45) is 5.92 Å². The zero-order valence-electron chi connectivity index (χ0n) is 15.4. The van der Waals surface area contributed by atoms with Crippen molar-refractivity contribution >= 4 is 0 Å². The number of aromatic nitrogens is 4. The number of hydrogen-bond donors (Lipinski definition) is 1. The van der Waals surface area contributed by atoms with E-state index < -0.39 is 5.60 Å². The third-order valence-corrected chi connectivity index (χ3v) is 3.43. The summed E-state index contributed by atoms with van der Waals surface area (Å²) in [5, 5.41) is 14.3. The van der Waals surface area contributed by atoms with Gasteiger partial charge in [-0.05, 0) is 50.0 Å². The van der Waals surface area contributed by atoms with Gasteiger partial charge in [0, 0.05) is 12.6 Å². The minimum Gasteiger partial charge on any atom is -0.444 e. The lowest BCUT2D eigenvalue weighted by Gasteiger charge is -2.05. The predicted octanol–water partition coefficient (Wildman–Crippen LogP) is 3.24. The molecule has 1 N–H and O–H groups in total. The lowest BCUT2D eigenvalue weighted by Crippen LogP contribution is -2.14. The molecule has 0 radical (unpaired) electrons.